The van der Waals surface area contributed by atoms with Crippen LogP contribution in [0.25, 0.3) is 6.08 Å². The number of amides is 1. The van der Waals surface area contributed by atoms with Crippen molar-refractivity contribution in [1.29, 1.82) is 0 Å². The maximum atomic E-state index is 13.4. The molecule has 0 aliphatic carbocycles. The summed E-state index contributed by atoms with van der Waals surface area (Å²) in [7, 11) is 3.04. The molecule has 1 saturated heterocycles. The van der Waals surface area contributed by atoms with Crippen LogP contribution in [0.2, 0.25) is 5.02 Å². The summed E-state index contributed by atoms with van der Waals surface area (Å²) in [6.07, 6.45) is 3.10. The SMILES string of the molecule is COc1cc(/C=C/C(=O)NCC(c2ccc(F)cc2)N2CCOCC2)cc(Cl)c1OC. The summed E-state index contributed by atoms with van der Waals surface area (Å²) in [6, 6.07) is 9.74. The van der Waals surface area contributed by atoms with Gasteiger partial charge in [-0.15, -0.1) is 0 Å². The zero-order valence-corrected chi connectivity index (χ0v) is 18.3. The highest BCUT2D eigenvalue weighted by molar-refractivity contribution is 6.32. The number of morpholine rings is 1. The largest absolute Gasteiger partial charge is 0.493 e. The van der Waals surface area contributed by atoms with Gasteiger partial charge >= 0.3 is 0 Å². The van der Waals surface area contributed by atoms with Crippen molar-refractivity contribution in [3.8, 4) is 11.5 Å². The average molecular weight is 449 g/mol. The first kappa shape index (κ1) is 23.1. The first-order valence-corrected chi connectivity index (χ1v) is 10.3. The minimum atomic E-state index is -0.287. The van der Waals surface area contributed by atoms with Gasteiger partial charge in [0.15, 0.2) is 11.5 Å². The summed E-state index contributed by atoms with van der Waals surface area (Å²) < 4.78 is 29.3. The van der Waals surface area contributed by atoms with Crippen molar-refractivity contribution in [1.82, 2.24) is 10.2 Å². The molecule has 8 heteroatoms. The molecule has 1 heterocycles. The summed E-state index contributed by atoms with van der Waals surface area (Å²) >= 11 is 6.21. The van der Waals surface area contributed by atoms with E-state index in [0.29, 0.717) is 41.8 Å². The zero-order valence-electron chi connectivity index (χ0n) is 17.6. The lowest BCUT2D eigenvalue weighted by molar-refractivity contribution is -0.116. The van der Waals surface area contributed by atoms with E-state index >= 15 is 0 Å². The molecule has 1 aliphatic rings. The molecule has 1 aliphatic heterocycles. The second-order valence-electron chi connectivity index (χ2n) is 7.03. The Morgan fingerprint density at radius 3 is 2.58 bits per heavy atom. The number of rotatable bonds is 8. The van der Waals surface area contributed by atoms with Crippen molar-refractivity contribution in [2.75, 3.05) is 47.1 Å². The molecule has 2 aromatic rings. The molecule has 0 aromatic heterocycles. The number of benzene rings is 2. The van der Waals surface area contributed by atoms with Crippen molar-refractivity contribution in [3.63, 3.8) is 0 Å². The molecule has 31 heavy (non-hydrogen) atoms. The number of carbonyl (C=O) groups excluding carboxylic acids is 1. The molecule has 1 atom stereocenters. The third-order valence-corrected chi connectivity index (χ3v) is 5.37. The molecule has 0 saturated carbocycles. The predicted molar refractivity (Wildman–Crippen MR) is 118 cm³/mol. The fraction of sp³-hybridized carbons (Fsp3) is 0.348. The van der Waals surface area contributed by atoms with Crippen molar-refractivity contribution >= 4 is 23.6 Å². The average Bonchev–Trinajstić information content (AvgIpc) is 2.79. The fourth-order valence-electron chi connectivity index (χ4n) is 3.49. The van der Waals surface area contributed by atoms with Crippen LogP contribution in [0.1, 0.15) is 17.2 Å². The normalized spacial score (nSPS) is 15.6. The van der Waals surface area contributed by atoms with E-state index in [-0.39, 0.29) is 17.8 Å². The van der Waals surface area contributed by atoms with E-state index in [9.17, 15) is 9.18 Å². The van der Waals surface area contributed by atoms with Crippen LogP contribution in [0.15, 0.2) is 42.5 Å². The van der Waals surface area contributed by atoms with Gasteiger partial charge in [-0.1, -0.05) is 23.7 Å². The Balaban J connectivity index is 1.68. The second-order valence-corrected chi connectivity index (χ2v) is 7.44. The molecule has 0 radical (unpaired) electrons. The lowest BCUT2D eigenvalue weighted by atomic mass is 10.0. The number of hydrogen-bond donors (Lipinski definition) is 1. The van der Waals surface area contributed by atoms with Crippen molar-refractivity contribution < 1.29 is 23.4 Å². The van der Waals surface area contributed by atoms with E-state index in [1.807, 2.05) is 0 Å². The summed E-state index contributed by atoms with van der Waals surface area (Å²) in [6.45, 7) is 3.15. The van der Waals surface area contributed by atoms with Crippen LogP contribution in [0.3, 0.4) is 0 Å². The van der Waals surface area contributed by atoms with Crippen LogP contribution in [0.5, 0.6) is 11.5 Å². The Labute approximate surface area is 186 Å². The molecular weight excluding hydrogens is 423 g/mol. The highest BCUT2D eigenvalue weighted by Crippen LogP contribution is 2.36. The molecule has 2 aromatic carbocycles. The molecule has 0 bridgehead atoms. The summed E-state index contributed by atoms with van der Waals surface area (Å²) in [5.74, 6) is 0.397. The first-order valence-electron chi connectivity index (χ1n) is 9.96. The molecule has 6 nitrogen and oxygen atoms in total. The van der Waals surface area contributed by atoms with E-state index in [4.69, 9.17) is 25.8 Å². The Hall–Kier alpha value is -2.61. The Morgan fingerprint density at radius 1 is 1.23 bits per heavy atom. The first-order chi connectivity index (χ1) is 15.0. The Kier molecular flexibility index (Phi) is 8.28. The summed E-state index contributed by atoms with van der Waals surface area (Å²) in [5.41, 5.74) is 1.65. The molecule has 1 N–H and O–H groups in total. The highest BCUT2D eigenvalue weighted by Gasteiger charge is 2.23. The summed E-state index contributed by atoms with van der Waals surface area (Å²) in [4.78, 5) is 14.7. The monoisotopic (exact) mass is 448 g/mol. The van der Waals surface area contributed by atoms with Gasteiger partial charge in [-0.25, -0.2) is 4.39 Å². The van der Waals surface area contributed by atoms with Crippen LogP contribution in [-0.2, 0) is 9.53 Å². The highest BCUT2D eigenvalue weighted by atomic mass is 35.5. The summed E-state index contributed by atoms with van der Waals surface area (Å²) in [5, 5.41) is 3.33. The maximum Gasteiger partial charge on any atom is 0.244 e. The van der Waals surface area contributed by atoms with Gasteiger partial charge in [-0.2, -0.15) is 0 Å². The number of methoxy groups -OCH3 is 2. The molecule has 166 valence electrons. The Morgan fingerprint density at radius 2 is 1.94 bits per heavy atom. The van der Waals surface area contributed by atoms with E-state index in [1.54, 1.807) is 30.3 Å². The van der Waals surface area contributed by atoms with Crippen molar-refractivity contribution in [2.45, 2.75) is 6.04 Å². The topological polar surface area (TPSA) is 60.0 Å². The standard InChI is InChI=1S/C23H26ClFN2O4/c1-29-21-14-16(13-19(24)23(21)30-2)3-8-22(28)26-15-20(27-9-11-31-12-10-27)17-4-6-18(25)7-5-17/h3-8,13-14,20H,9-12,15H2,1-2H3,(H,26,28)/b8-3+. The molecule has 3 rings (SSSR count). The van der Waals surface area contributed by atoms with Gasteiger partial charge in [0, 0.05) is 25.7 Å². The van der Waals surface area contributed by atoms with Gasteiger partial charge in [0.25, 0.3) is 0 Å². The van der Waals surface area contributed by atoms with Crippen LogP contribution in [-0.4, -0.2) is 57.9 Å². The Bertz CT molecular complexity index is 915. The van der Waals surface area contributed by atoms with Gasteiger partial charge in [-0.3, -0.25) is 9.69 Å². The molecule has 0 spiro atoms. The minimum Gasteiger partial charge on any atom is -0.493 e. The van der Waals surface area contributed by atoms with Crippen LogP contribution < -0.4 is 14.8 Å². The van der Waals surface area contributed by atoms with Gasteiger partial charge in [-0.05, 0) is 41.5 Å². The van der Waals surface area contributed by atoms with Gasteiger partial charge in [0.2, 0.25) is 5.91 Å². The van der Waals surface area contributed by atoms with Gasteiger partial charge < -0.3 is 19.5 Å². The van der Waals surface area contributed by atoms with Crippen LogP contribution >= 0.6 is 11.6 Å². The number of hydrogen-bond acceptors (Lipinski definition) is 5. The van der Waals surface area contributed by atoms with Crippen LogP contribution in [0, 0.1) is 5.82 Å². The molecule has 1 fully saturated rings. The third-order valence-electron chi connectivity index (χ3n) is 5.09. The zero-order chi connectivity index (χ0) is 22.2. The predicted octanol–water partition coefficient (Wildman–Crippen LogP) is 3.70. The number of carbonyl (C=O) groups is 1. The second kappa shape index (κ2) is 11.1. The van der Waals surface area contributed by atoms with Crippen LogP contribution in [0.4, 0.5) is 4.39 Å². The van der Waals surface area contributed by atoms with Gasteiger partial charge in [0.1, 0.15) is 5.82 Å². The molecular formula is C23H26ClFN2O4. The third kappa shape index (κ3) is 6.19. The quantitative estimate of drug-likeness (QED) is 0.624. The van der Waals surface area contributed by atoms with Crippen molar-refractivity contribution in [3.05, 3.63) is 64.4 Å². The molecule has 1 unspecified atom stereocenters. The number of nitrogens with one attached hydrogen (secondary N) is 1. The smallest absolute Gasteiger partial charge is 0.244 e. The van der Waals surface area contributed by atoms with E-state index in [0.717, 1.165) is 18.7 Å². The van der Waals surface area contributed by atoms with Gasteiger partial charge in [0.05, 0.1) is 38.5 Å². The van der Waals surface area contributed by atoms with E-state index < -0.39 is 0 Å². The van der Waals surface area contributed by atoms with Crippen molar-refractivity contribution in [2.24, 2.45) is 0 Å². The molecule has 1 amide bonds. The lowest BCUT2D eigenvalue weighted by Crippen LogP contribution is -2.43. The van der Waals surface area contributed by atoms with E-state index in [1.165, 1.54) is 32.4 Å². The fourth-order valence-corrected chi connectivity index (χ4v) is 3.79. The number of nitrogens with zero attached hydrogens (tertiary/aromatic N) is 1. The number of halogens is 2. The number of ether oxygens (including phenoxy) is 3. The lowest BCUT2D eigenvalue weighted by Gasteiger charge is -2.34. The maximum absolute atomic E-state index is 13.4. The van der Waals surface area contributed by atoms with E-state index in [2.05, 4.69) is 10.2 Å². The minimum absolute atomic E-state index is 0.0719.